The molecule has 3 rings (SSSR count). The summed E-state index contributed by atoms with van der Waals surface area (Å²) in [6.07, 6.45) is 1.62. The lowest BCUT2D eigenvalue weighted by atomic mass is 10.1. The first-order valence-electron chi connectivity index (χ1n) is 8.44. The molecule has 3 aromatic rings. The number of nitrogens with zero attached hydrogens (tertiary/aromatic N) is 2. The zero-order valence-electron chi connectivity index (χ0n) is 14.8. The molecule has 1 atom stereocenters. The molecule has 1 amide bonds. The van der Waals surface area contributed by atoms with E-state index in [2.05, 4.69) is 10.3 Å². The summed E-state index contributed by atoms with van der Waals surface area (Å²) in [4.78, 5) is 41.1. The maximum atomic E-state index is 12.5. The number of hydrogen-bond donors (Lipinski definition) is 1. The molecule has 0 bridgehead atoms. The summed E-state index contributed by atoms with van der Waals surface area (Å²) < 4.78 is 6.00. The first-order valence-corrected chi connectivity index (χ1v) is 8.44. The van der Waals surface area contributed by atoms with Crippen LogP contribution in [0.25, 0.3) is 10.9 Å². The molecule has 1 heterocycles. The maximum Gasteiger partial charge on any atom is 0.328 e. The molecule has 138 valence electrons. The molecule has 0 spiro atoms. The molecule has 7 heteroatoms. The third-order valence-electron chi connectivity index (χ3n) is 4.15. The van der Waals surface area contributed by atoms with Crippen molar-refractivity contribution < 1.29 is 14.3 Å². The lowest BCUT2D eigenvalue weighted by Gasteiger charge is -2.17. The summed E-state index contributed by atoms with van der Waals surface area (Å²) in [5.41, 5.74) is 1.14. The van der Waals surface area contributed by atoms with Gasteiger partial charge in [-0.15, -0.1) is 0 Å². The van der Waals surface area contributed by atoms with Gasteiger partial charge in [-0.25, -0.2) is 9.78 Å². The van der Waals surface area contributed by atoms with E-state index in [4.69, 9.17) is 4.74 Å². The van der Waals surface area contributed by atoms with E-state index >= 15 is 0 Å². The third kappa shape index (κ3) is 4.38. The fraction of sp³-hybridized carbons (Fsp3) is 0.200. The van der Waals surface area contributed by atoms with Crippen molar-refractivity contribution in [3.63, 3.8) is 0 Å². The van der Waals surface area contributed by atoms with E-state index in [9.17, 15) is 14.4 Å². The first kappa shape index (κ1) is 18.3. The summed E-state index contributed by atoms with van der Waals surface area (Å²) in [7, 11) is 1.27. The normalized spacial score (nSPS) is 11.7. The van der Waals surface area contributed by atoms with Crippen LogP contribution in [0.5, 0.6) is 0 Å². The number of methoxy groups -OCH3 is 1. The van der Waals surface area contributed by atoms with Crippen LogP contribution in [0.1, 0.15) is 5.56 Å². The highest BCUT2D eigenvalue weighted by Crippen LogP contribution is 2.06. The Balaban J connectivity index is 1.75. The molecule has 0 aliphatic heterocycles. The average molecular weight is 365 g/mol. The molecular formula is C20H19N3O4. The van der Waals surface area contributed by atoms with Crippen LogP contribution in [0.15, 0.2) is 65.7 Å². The summed E-state index contributed by atoms with van der Waals surface area (Å²) in [5.74, 6) is -1.02. The van der Waals surface area contributed by atoms with Crippen molar-refractivity contribution in [2.75, 3.05) is 7.11 Å². The second-order valence-electron chi connectivity index (χ2n) is 6.03. The van der Waals surface area contributed by atoms with Gasteiger partial charge in [0.25, 0.3) is 5.56 Å². The van der Waals surface area contributed by atoms with E-state index in [-0.39, 0.29) is 12.1 Å². The van der Waals surface area contributed by atoms with Crippen molar-refractivity contribution in [2.45, 2.75) is 19.0 Å². The molecule has 0 aliphatic rings. The SMILES string of the molecule is COC(=O)C(Cc1ccccc1)NC(=O)Cn1cnc2ccccc2c1=O. The number of para-hydroxylation sites is 1. The number of benzene rings is 2. The molecule has 2 aromatic carbocycles. The predicted octanol–water partition coefficient (Wildman–Crippen LogP) is 1.30. The second kappa shape index (κ2) is 8.27. The van der Waals surface area contributed by atoms with Crippen LogP contribution in [0.4, 0.5) is 0 Å². The van der Waals surface area contributed by atoms with Crippen molar-refractivity contribution in [3.8, 4) is 0 Å². The van der Waals surface area contributed by atoms with Crippen molar-refractivity contribution >= 4 is 22.8 Å². The van der Waals surface area contributed by atoms with Gasteiger partial charge in [0.2, 0.25) is 5.91 Å². The van der Waals surface area contributed by atoms with Crippen molar-refractivity contribution in [3.05, 3.63) is 76.8 Å². The van der Waals surface area contributed by atoms with Gasteiger partial charge in [0, 0.05) is 6.42 Å². The number of rotatable bonds is 6. The molecule has 7 nitrogen and oxygen atoms in total. The smallest absolute Gasteiger partial charge is 0.328 e. The number of hydrogen-bond acceptors (Lipinski definition) is 5. The van der Waals surface area contributed by atoms with E-state index in [0.717, 1.165) is 5.56 Å². The highest BCUT2D eigenvalue weighted by Gasteiger charge is 2.22. The van der Waals surface area contributed by atoms with Crippen LogP contribution < -0.4 is 10.9 Å². The van der Waals surface area contributed by atoms with E-state index in [0.29, 0.717) is 17.3 Å². The summed E-state index contributed by atoms with van der Waals surface area (Å²) in [6.45, 7) is -0.237. The van der Waals surface area contributed by atoms with Gasteiger partial charge in [0.15, 0.2) is 0 Å². The van der Waals surface area contributed by atoms with Crippen molar-refractivity contribution in [1.29, 1.82) is 0 Å². The summed E-state index contributed by atoms with van der Waals surface area (Å²) in [6, 6.07) is 15.4. The number of ether oxygens (including phenoxy) is 1. The second-order valence-corrected chi connectivity index (χ2v) is 6.03. The van der Waals surface area contributed by atoms with E-state index in [1.165, 1.54) is 18.0 Å². The Morgan fingerprint density at radius 2 is 1.81 bits per heavy atom. The van der Waals surface area contributed by atoms with Gasteiger partial charge in [-0.2, -0.15) is 0 Å². The Morgan fingerprint density at radius 3 is 2.56 bits per heavy atom. The zero-order chi connectivity index (χ0) is 19.2. The van der Waals surface area contributed by atoms with Gasteiger partial charge < -0.3 is 10.1 Å². The quantitative estimate of drug-likeness (QED) is 0.665. The number of amides is 1. The molecule has 0 radical (unpaired) electrons. The molecule has 1 unspecified atom stereocenters. The fourth-order valence-electron chi connectivity index (χ4n) is 2.80. The van der Waals surface area contributed by atoms with Crippen LogP contribution in [0.2, 0.25) is 0 Å². The van der Waals surface area contributed by atoms with Gasteiger partial charge in [-0.05, 0) is 17.7 Å². The number of fused-ring (bicyclic) bond motifs is 1. The lowest BCUT2D eigenvalue weighted by Crippen LogP contribution is -2.45. The Morgan fingerprint density at radius 1 is 1.11 bits per heavy atom. The van der Waals surface area contributed by atoms with Crippen molar-refractivity contribution in [2.24, 2.45) is 0 Å². The highest BCUT2D eigenvalue weighted by atomic mass is 16.5. The van der Waals surface area contributed by atoms with Gasteiger partial charge in [-0.3, -0.25) is 14.2 Å². The number of nitrogens with one attached hydrogen (secondary N) is 1. The summed E-state index contributed by atoms with van der Waals surface area (Å²) >= 11 is 0. The fourth-order valence-corrected chi connectivity index (χ4v) is 2.80. The van der Waals surface area contributed by atoms with E-state index < -0.39 is 17.9 Å². The number of esters is 1. The molecule has 1 N–H and O–H groups in total. The Labute approximate surface area is 155 Å². The molecular weight excluding hydrogens is 346 g/mol. The largest absolute Gasteiger partial charge is 0.467 e. The molecule has 0 aliphatic carbocycles. The Kier molecular flexibility index (Phi) is 5.61. The first-order chi connectivity index (χ1) is 13.1. The maximum absolute atomic E-state index is 12.5. The van der Waals surface area contributed by atoms with Crippen LogP contribution in [0, 0.1) is 0 Å². The third-order valence-corrected chi connectivity index (χ3v) is 4.15. The van der Waals surface area contributed by atoms with Crippen LogP contribution in [0.3, 0.4) is 0 Å². The van der Waals surface area contributed by atoms with Crippen LogP contribution in [-0.2, 0) is 27.3 Å². The molecule has 0 saturated heterocycles. The highest BCUT2D eigenvalue weighted by molar-refractivity contribution is 5.85. The summed E-state index contributed by atoms with van der Waals surface area (Å²) in [5, 5.41) is 3.07. The van der Waals surface area contributed by atoms with Gasteiger partial charge in [0.1, 0.15) is 12.6 Å². The Hall–Kier alpha value is -3.48. The number of aromatic nitrogens is 2. The molecule has 0 fully saturated rings. The Bertz CT molecular complexity index is 1010. The van der Waals surface area contributed by atoms with Gasteiger partial charge >= 0.3 is 5.97 Å². The minimum atomic E-state index is -0.839. The van der Waals surface area contributed by atoms with Gasteiger partial charge in [0.05, 0.1) is 24.3 Å². The lowest BCUT2D eigenvalue weighted by molar-refractivity contribution is -0.145. The predicted molar refractivity (Wildman–Crippen MR) is 100 cm³/mol. The van der Waals surface area contributed by atoms with Crippen LogP contribution >= 0.6 is 0 Å². The molecule has 1 aromatic heterocycles. The van der Waals surface area contributed by atoms with E-state index in [1.54, 1.807) is 24.3 Å². The minimum absolute atomic E-state index is 0.237. The zero-order valence-corrected chi connectivity index (χ0v) is 14.8. The van der Waals surface area contributed by atoms with E-state index in [1.807, 2.05) is 30.3 Å². The molecule has 0 saturated carbocycles. The van der Waals surface area contributed by atoms with Gasteiger partial charge in [-0.1, -0.05) is 42.5 Å². The number of carbonyl (C=O) groups is 2. The topological polar surface area (TPSA) is 90.3 Å². The van der Waals surface area contributed by atoms with Crippen LogP contribution in [-0.4, -0.2) is 34.6 Å². The van der Waals surface area contributed by atoms with Crippen molar-refractivity contribution in [1.82, 2.24) is 14.9 Å². The minimum Gasteiger partial charge on any atom is -0.467 e. The standard InChI is InChI=1S/C20H19N3O4/c1-27-20(26)17(11-14-7-3-2-4-8-14)22-18(24)12-23-13-21-16-10-6-5-9-15(16)19(23)25/h2-10,13,17H,11-12H2,1H3,(H,22,24). The number of carbonyl (C=O) groups excluding carboxylic acids is 2. The monoisotopic (exact) mass is 365 g/mol. The average Bonchev–Trinajstić information content (AvgIpc) is 2.70. The molecule has 27 heavy (non-hydrogen) atoms.